The fraction of sp³-hybridized carbons (Fsp3) is 0.294. The molecular weight excluding hydrogens is 312 g/mol. The Morgan fingerprint density at radius 1 is 1.00 bits per heavy atom. The van der Waals surface area contributed by atoms with Crippen molar-refractivity contribution in [3.63, 3.8) is 0 Å². The molecule has 0 aliphatic rings. The maximum absolute atomic E-state index is 11.0. The highest BCUT2D eigenvalue weighted by Gasteiger charge is 2.14. The van der Waals surface area contributed by atoms with Crippen molar-refractivity contribution in [1.82, 2.24) is 5.32 Å². The second-order valence-corrected chi connectivity index (χ2v) is 5.02. The molecule has 0 amide bonds. The molecule has 7 nitrogen and oxygen atoms in total. The van der Waals surface area contributed by atoms with Crippen LogP contribution < -0.4 is 19.5 Å². The molecule has 128 valence electrons. The summed E-state index contributed by atoms with van der Waals surface area (Å²) in [4.78, 5) is 10.6. The maximum atomic E-state index is 11.0. The summed E-state index contributed by atoms with van der Waals surface area (Å²) in [6.45, 7) is 0.885. The van der Waals surface area contributed by atoms with Crippen LogP contribution in [-0.4, -0.2) is 26.3 Å². The summed E-state index contributed by atoms with van der Waals surface area (Å²) in [5, 5.41) is 14.2. The number of rotatable bonds is 8. The number of nitrogens with one attached hydrogen (secondary N) is 1. The van der Waals surface area contributed by atoms with Crippen LogP contribution in [-0.2, 0) is 13.1 Å². The van der Waals surface area contributed by atoms with E-state index in [1.165, 1.54) is 6.07 Å². The van der Waals surface area contributed by atoms with Gasteiger partial charge in [0.15, 0.2) is 11.5 Å². The van der Waals surface area contributed by atoms with Crippen molar-refractivity contribution in [3.05, 3.63) is 57.6 Å². The predicted molar refractivity (Wildman–Crippen MR) is 89.7 cm³/mol. The number of hydrogen-bond acceptors (Lipinski definition) is 6. The molecule has 24 heavy (non-hydrogen) atoms. The molecule has 2 aromatic carbocycles. The van der Waals surface area contributed by atoms with Gasteiger partial charge in [-0.05, 0) is 17.7 Å². The van der Waals surface area contributed by atoms with Gasteiger partial charge in [0.2, 0.25) is 5.75 Å². The van der Waals surface area contributed by atoms with Crippen molar-refractivity contribution < 1.29 is 19.1 Å². The Balaban J connectivity index is 2.11. The number of para-hydroxylation sites is 1. The molecule has 0 heterocycles. The van der Waals surface area contributed by atoms with Crippen LogP contribution in [0, 0.1) is 10.1 Å². The topological polar surface area (TPSA) is 82.9 Å². The fourth-order valence-corrected chi connectivity index (χ4v) is 2.42. The Labute approximate surface area is 140 Å². The van der Waals surface area contributed by atoms with Crippen LogP contribution in [0.1, 0.15) is 11.1 Å². The van der Waals surface area contributed by atoms with Crippen molar-refractivity contribution in [1.29, 1.82) is 0 Å². The molecule has 0 bridgehead atoms. The monoisotopic (exact) mass is 332 g/mol. The third-order valence-corrected chi connectivity index (χ3v) is 3.56. The normalized spacial score (nSPS) is 10.3. The molecule has 0 fully saturated rings. The van der Waals surface area contributed by atoms with Gasteiger partial charge < -0.3 is 19.5 Å². The van der Waals surface area contributed by atoms with Crippen LogP contribution in [0.2, 0.25) is 0 Å². The lowest BCUT2D eigenvalue weighted by Gasteiger charge is -2.14. The molecule has 2 rings (SSSR count). The van der Waals surface area contributed by atoms with Crippen molar-refractivity contribution >= 4 is 5.69 Å². The van der Waals surface area contributed by atoms with E-state index in [2.05, 4.69) is 5.32 Å². The van der Waals surface area contributed by atoms with E-state index in [0.29, 0.717) is 35.9 Å². The van der Waals surface area contributed by atoms with E-state index in [0.717, 1.165) is 5.56 Å². The van der Waals surface area contributed by atoms with Gasteiger partial charge in [-0.2, -0.15) is 0 Å². The maximum Gasteiger partial charge on any atom is 0.273 e. The third kappa shape index (κ3) is 3.94. The van der Waals surface area contributed by atoms with Crippen molar-refractivity contribution in [2.75, 3.05) is 21.3 Å². The molecule has 1 N–H and O–H groups in total. The quantitative estimate of drug-likeness (QED) is 0.591. The first-order chi connectivity index (χ1) is 11.6. The van der Waals surface area contributed by atoms with E-state index < -0.39 is 0 Å². The minimum Gasteiger partial charge on any atom is -0.493 e. The minimum atomic E-state index is -0.379. The largest absolute Gasteiger partial charge is 0.493 e. The molecule has 7 heteroatoms. The summed E-state index contributed by atoms with van der Waals surface area (Å²) < 4.78 is 15.9. The SMILES string of the molecule is COc1cc(CNCc2ccccc2[N+](=O)[O-])cc(OC)c1OC. The van der Waals surface area contributed by atoms with Crippen LogP contribution in [0.3, 0.4) is 0 Å². The number of nitrogens with zero attached hydrogens (tertiary/aromatic N) is 1. The van der Waals surface area contributed by atoms with Gasteiger partial charge in [0, 0.05) is 24.7 Å². The first-order valence-electron chi connectivity index (χ1n) is 7.32. The molecule has 0 radical (unpaired) electrons. The molecule has 0 saturated carbocycles. The van der Waals surface area contributed by atoms with Crippen LogP contribution in [0.5, 0.6) is 17.2 Å². The zero-order chi connectivity index (χ0) is 17.5. The van der Waals surface area contributed by atoms with Gasteiger partial charge in [0.05, 0.1) is 26.3 Å². The van der Waals surface area contributed by atoms with E-state index >= 15 is 0 Å². The van der Waals surface area contributed by atoms with Crippen LogP contribution in [0.25, 0.3) is 0 Å². The zero-order valence-corrected chi connectivity index (χ0v) is 13.9. The number of hydrogen-bond donors (Lipinski definition) is 1. The third-order valence-electron chi connectivity index (χ3n) is 3.56. The average Bonchev–Trinajstić information content (AvgIpc) is 2.61. The number of nitro benzene ring substituents is 1. The molecular formula is C17H20N2O5. The van der Waals surface area contributed by atoms with Crippen molar-refractivity contribution in [2.24, 2.45) is 0 Å². The lowest BCUT2D eigenvalue weighted by atomic mass is 10.1. The molecule has 0 aliphatic carbocycles. The van der Waals surface area contributed by atoms with Crippen LogP contribution in [0.4, 0.5) is 5.69 Å². The Bertz CT molecular complexity index is 693. The molecule has 0 aliphatic heterocycles. The lowest BCUT2D eigenvalue weighted by molar-refractivity contribution is -0.385. The van der Waals surface area contributed by atoms with E-state index in [1.807, 2.05) is 12.1 Å². The summed E-state index contributed by atoms with van der Waals surface area (Å²) in [6.07, 6.45) is 0. The molecule has 0 atom stereocenters. The van der Waals surface area contributed by atoms with Gasteiger partial charge >= 0.3 is 0 Å². The molecule has 0 unspecified atom stereocenters. The van der Waals surface area contributed by atoms with E-state index in [1.54, 1.807) is 39.5 Å². The van der Waals surface area contributed by atoms with Crippen LogP contribution >= 0.6 is 0 Å². The summed E-state index contributed by atoms with van der Waals surface area (Å²) in [7, 11) is 4.66. The summed E-state index contributed by atoms with van der Waals surface area (Å²) in [5.41, 5.74) is 1.66. The van der Waals surface area contributed by atoms with Gasteiger partial charge in [-0.25, -0.2) is 0 Å². The zero-order valence-electron chi connectivity index (χ0n) is 13.9. The Morgan fingerprint density at radius 2 is 1.62 bits per heavy atom. The number of ether oxygens (including phenoxy) is 3. The number of methoxy groups -OCH3 is 3. The van der Waals surface area contributed by atoms with Gasteiger partial charge in [0.1, 0.15) is 0 Å². The van der Waals surface area contributed by atoms with E-state index in [4.69, 9.17) is 14.2 Å². The second kappa shape index (κ2) is 8.16. The van der Waals surface area contributed by atoms with Gasteiger partial charge in [0.25, 0.3) is 5.69 Å². The first kappa shape index (κ1) is 17.6. The minimum absolute atomic E-state index is 0.106. The van der Waals surface area contributed by atoms with Crippen molar-refractivity contribution in [3.8, 4) is 17.2 Å². The number of nitro groups is 1. The van der Waals surface area contributed by atoms with Gasteiger partial charge in [-0.1, -0.05) is 18.2 Å². The summed E-state index contributed by atoms with van der Waals surface area (Å²) in [6, 6.07) is 10.3. The molecule has 0 spiro atoms. The van der Waals surface area contributed by atoms with Gasteiger partial charge in [-0.15, -0.1) is 0 Å². The highest BCUT2D eigenvalue weighted by molar-refractivity contribution is 5.53. The lowest BCUT2D eigenvalue weighted by Crippen LogP contribution is -2.14. The molecule has 2 aromatic rings. The average molecular weight is 332 g/mol. The predicted octanol–water partition coefficient (Wildman–Crippen LogP) is 2.91. The fourth-order valence-electron chi connectivity index (χ4n) is 2.42. The summed E-state index contributed by atoms with van der Waals surface area (Å²) >= 11 is 0. The van der Waals surface area contributed by atoms with Gasteiger partial charge in [-0.3, -0.25) is 10.1 Å². The Kier molecular flexibility index (Phi) is 5.97. The molecule has 0 aromatic heterocycles. The summed E-state index contributed by atoms with van der Waals surface area (Å²) in [5.74, 6) is 1.67. The highest BCUT2D eigenvalue weighted by atomic mass is 16.6. The Morgan fingerprint density at radius 3 is 2.17 bits per heavy atom. The first-order valence-corrected chi connectivity index (χ1v) is 7.32. The Hall–Kier alpha value is -2.80. The van der Waals surface area contributed by atoms with E-state index in [-0.39, 0.29) is 10.6 Å². The molecule has 0 saturated heterocycles. The van der Waals surface area contributed by atoms with Crippen molar-refractivity contribution in [2.45, 2.75) is 13.1 Å². The second-order valence-electron chi connectivity index (χ2n) is 5.02. The smallest absolute Gasteiger partial charge is 0.273 e. The van der Waals surface area contributed by atoms with Crippen LogP contribution in [0.15, 0.2) is 36.4 Å². The van der Waals surface area contributed by atoms with E-state index in [9.17, 15) is 10.1 Å². The number of benzene rings is 2. The standard InChI is InChI=1S/C17H20N2O5/c1-22-15-8-12(9-16(23-2)17(15)24-3)10-18-11-13-6-4-5-7-14(13)19(20)21/h4-9,18H,10-11H2,1-3H3. The highest BCUT2D eigenvalue weighted by Crippen LogP contribution is 2.38.